The van der Waals surface area contributed by atoms with E-state index < -0.39 is 23.6 Å². The molecule has 1 fully saturated rings. The van der Waals surface area contributed by atoms with E-state index in [0.29, 0.717) is 44.8 Å². The Balaban J connectivity index is 2.08. The minimum atomic E-state index is -0.992. The maximum atomic E-state index is 13.1. The number of rotatable bonds is 10. The number of carbonyl (C=O) groups excluding carboxylic acids is 2. The smallest absolute Gasteiger partial charge is 0.308 e. The number of anilines is 1. The number of carboxylic acids is 1. The van der Waals surface area contributed by atoms with Gasteiger partial charge in [0.15, 0.2) is 0 Å². The molecule has 7 nitrogen and oxygen atoms in total. The van der Waals surface area contributed by atoms with Gasteiger partial charge in [0.1, 0.15) is 11.7 Å². The fourth-order valence-electron chi connectivity index (χ4n) is 3.21. The monoisotopic (exact) mass is 394 g/mol. The number of amides is 2. The lowest BCUT2D eigenvalue weighted by molar-refractivity contribution is -0.144. The summed E-state index contributed by atoms with van der Waals surface area (Å²) >= 11 is 0. The zero-order chi connectivity index (χ0) is 20.7. The van der Waals surface area contributed by atoms with Gasteiger partial charge in [-0.2, -0.15) is 0 Å². The van der Waals surface area contributed by atoms with E-state index in [2.05, 4.69) is 0 Å². The van der Waals surface area contributed by atoms with Gasteiger partial charge in [-0.05, 0) is 44.0 Å². The lowest BCUT2D eigenvalue weighted by Gasteiger charge is -2.27. The lowest BCUT2D eigenvalue weighted by atomic mass is 10.0. The van der Waals surface area contributed by atoms with Crippen LogP contribution in [0.4, 0.5) is 10.1 Å². The van der Waals surface area contributed by atoms with Gasteiger partial charge in [-0.1, -0.05) is 6.92 Å². The van der Waals surface area contributed by atoms with Crippen molar-refractivity contribution in [2.45, 2.75) is 26.7 Å². The average molecular weight is 394 g/mol. The number of aliphatic carboxylic acids is 1. The molecule has 8 heteroatoms. The minimum absolute atomic E-state index is 0.0423. The van der Waals surface area contributed by atoms with Crippen LogP contribution in [-0.2, 0) is 19.1 Å². The van der Waals surface area contributed by atoms with Crippen molar-refractivity contribution >= 4 is 23.5 Å². The van der Waals surface area contributed by atoms with Crippen molar-refractivity contribution in [2.75, 3.05) is 37.7 Å². The van der Waals surface area contributed by atoms with Crippen LogP contribution in [0.15, 0.2) is 24.3 Å². The molecule has 1 aromatic rings. The molecule has 2 rings (SSSR count). The SMILES string of the molecule is CCOCCCN(CC(C)C(=O)O)C(=O)C1CCN(c2ccc(F)cc2)C1=O. The first kappa shape index (κ1) is 21.8. The maximum absolute atomic E-state index is 13.1. The molecule has 28 heavy (non-hydrogen) atoms. The molecule has 1 aromatic carbocycles. The Morgan fingerprint density at radius 1 is 1.36 bits per heavy atom. The van der Waals surface area contributed by atoms with Crippen molar-refractivity contribution in [1.82, 2.24) is 4.90 Å². The van der Waals surface area contributed by atoms with E-state index >= 15 is 0 Å². The molecule has 0 spiro atoms. The first-order valence-electron chi connectivity index (χ1n) is 9.51. The van der Waals surface area contributed by atoms with Crippen molar-refractivity contribution in [2.24, 2.45) is 11.8 Å². The summed E-state index contributed by atoms with van der Waals surface area (Å²) < 4.78 is 18.4. The highest BCUT2D eigenvalue weighted by Gasteiger charge is 2.40. The number of ether oxygens (including phenoxy) is 1. The second kappa shape index (κ2) is 10.2. The summed E-state index contributed by atoms with van der Waals surface area (Å²) in [5.74, 6) is -3.67. The van der Waals surface area contributed by atoms with E-state index in [-0.39, 0.29) is 18.4 Å². The maximum Gasteiger partial charge on any atom is 0.308 e. The summed E-state index contributed by atoms with van der Waals surface area (Å²) in [7, 11) is 0. The van der Waals surface area contributed by atoms with Gasteiger partial charge in [-0.15, -0.1) is 0 Å². The third-order valence-corrected chi connectivity index (χ3v) is 4.79. The molecule has 1 heterocycles. The Bertz CT molecular complexity index is 694. The topological polar surface area (TPSA) is 87.2 Å². The highest BCUT2D eigenvalue weighted by molar-refractivity contribution is 6.09. The predicted molar refractivity (Wildman–Crippen MR) is 101 cm³/mol. The molecule has 0 saturated carbocycles. The predicted octanol–water partition coefficient (Wildman–Crippen LogP) is 2.15. The van der Waals surface area contributed by atoms with E-state index in [1.807, 2.05) is 6.92 Å². The Morgan fingerprint density at radius 2 is 2.04 bits per heavy atom. The molecule has 1 aliphatic heterocycles. The van der Waals surface area contributed by atoms with Crippen molar-refractivity contribution in [3.63, 3.8) is 0 Å². The molecule has 154 valence electrons. The van der Waals surface area contributed by atoms with Gasteiger partial charge in [0.25, 0.3) is 0 Å². The zero-order valence-corrected chi connectivity index (χ0v) is 16.3. The van der Waals surface area contributed by atoms with Crippen molar-refractivity contribution in [3.8, 4) is 0 Å². The Kier molecular flexibility index (Phi) is 7.92. The summed E-state index contributed by atoms with van der Waals surface area (Å²) in [5.41, 5.74) is 0.545. The summed E-state index contributed by atoms with van der Waals surface area (Å²) in [6, 6.07) is 5.55. The molecule has 2 atom stereocenters. The number of nitrogens with zero attached hydrogens (tertiary/aromatic N) is 2. The third kappa shape index (κ3) is 5.51. The number of carbonyl (C=O) groups is 3. The Hall–Kier alpha value is -2.48. The third-order valence-electron chi connectivity index (χ3n) is 4.79. The van der Waals surface area contributed by atoms with Gasteiger partial charge < -0.3 is 19.6 Å². The fourth-order valence-corrected chi connectivity index (χ4v) is 3.21. The average Bonchev–Trinajstić information content (AvgIpc) is 3.05. The molecule has 2 unspecified atom stereocenters. The summed E-state index contributed by atoms with van der Waals surface area (Å²) in [6.45, 7) is 5.16. The van der Waals surface area contributed by atoms with Crippen LogP contribution in [0.3, 0.4) is 0 Å². The van der Waals surface area contributed by atoms with Crippen molar-refractivity contribution in [1.29, 1.82) is 0 Å². The van der Waals surface area contributed by atoms with Crippen LogP contribution >= 0.6 is 0 Å². The van der Waals surface area contributed by atoms with Crippen LogP contribution in [0.2, 0.25) is 0 Å². The van der Waals surface area contributed by atoms with Crippen molar-refractivity contribution in [3.05, 3.63) is 30.1 Å². The van der Waals surface area contributed by atoms with Crippen molar-refractivity contribution < 1.29 is 28.6 Å². The van der Waals surface area contributed by atoms with E-state index in [9.17, 15) is 23.9 Å². The number of hydrogen-bond acceptors (Lipinski definition) is 4. The van der Waals surface area contributed by atoms with Crippen LogP contribution in [0.1, 0.15) is 26.7 Å². The first-order valence-corrected chi connectivity index (χ1v) is 9.51. The number of carboxylic acid groups (broad SMARTS) is 1. The van der Waals surface area contributed by atoms with Crippen LogP contribution in [0.25, 0.3) is 0 Å². The molecule has 0 radical (unpaired) electrons. The highest BCUT2D eigenvalue weighted by atomic mass is 19.1. The molecule has 0 bridgehead atoms. The van der Waals surface area contributed by atoms with Gasteiger partial charge >= 0.3 is 5.97 Å². The van der Waals surface area contributed by atoms with Gasteiger partial charge in [0.05, 0.1) is 5.92 Å². The largest absolute Gasteiger partial charge is 0.481 e. The molecular weight excluding hydrogens is 367 g/mol. The number of halogens is 1. The summed E-state index contributed by atoms with van der Waals surface area (Å²) in [5, 5.41) is 9.18. The standard InChI is InChI=1S/C20H27FN2O5/c1-3-28-12-4-10-22(13-14(2)20(26)27)18(24)17-9-11-23(19(17)25)16-7-5-15(21)6-8-16/h5-8,14,17H,3-4,9-13H2,1-2H3,(H,26,27). The molecule has 0 aromatic heterocycles. The summed E-state index contributed by atoms with van der Waals surface area (Å²) in [6.07, 6.45) is 0.910. The van der Waals surface area contributed by atoms with Gasteiger partial charge in [-0.3, -0.25) is 14.4 Å². The molecule has 0 aliphatic carbocycles. The van der Waals surface area contributed by atoms with Crippen LogP contribution < -0.4 is 4.90 Å². The zero-order valence-electron chi connectivity index (χ0n) is 16.3. The van der Waals surface area contributed by atoms with Gasteiger partial charge in [-0.25, -0.2) is 4.39 Å². The molecular formula is C20H27FN2O5. The molecule has 1 N–H and O–H groups in total. The Labute approximate surface area is 164 Å². The highest BCUT2D eigenvalue weighted by Crippen LogP contribution is 2.27. The van der Waals surface area contributed by atoms with E-state index in [1.54, 1.807) is 0 Å². The first-order chi connectivity index (χ1) is 13.3. The van der Waals surface area contributed by atoms with Gasteiger partial charge in [0.2, 0.25) is 11.8 Å². The number of hydrogen-bond donors (Lipinski definition) is 1. The van der Waals surface area contributed by atoms with E-state index in [0.717, 1.165) is 0 Å². The second-order valence-electron chi connectivity index (χ2n) is 6.88. The summed E-state index contributed by atoms with van der Waals surface area (Å²) in [4.78, 5) is 39.9. The normalized spacial score (nSPS) is 17.6. The number of benzene rings is 1. The van der Waals surface area contributed by atoms with E-state index in [1.165, 1.54) is 41.0 Å². The Morgan fingerprint density at radius 3 is 2.64 bits per heavy atom. The minimum Gasteiger partial charge on any atom is -0.481 e. The van der Waals surface area contributed by atoms with Crippen LogP contribution in [-0.4, -0.2) is 60.6 Å². The quantitative estimate of drug-likeness (QED) is 0.485. The molecule has 1 aliphatic rings. The second-order valence-corrected chi connectivity index (χ2v) is 6.88. The van der Waals surface area contributed by atoms with Crippen LogP contribution in [0, 0.1) is 17.7 Å². The van der Waals surface area contributed by atoms with Crippen LogP contribution in [0.5, 0.6) is 0 Å². The molecule has 1 saturated heterocycles. The lowest BCUT2D eigenvalue weighted by Crippen LogP contribution is -2.43. The fraction of sp³-hybridized carbons (Fsp3) is 0.550. The van der Waals surface area contributed by atoms with E-state index in [4.69, 9.17) is 4.74 Å². The molecule has 2 amide bonds. The van der Waals surface area contributed by atoms with Gasteiger partial charge in [0, 0.05) is 38.5 Å².